The number of hydrogen-bond donors (Lipinski definition) is 1. The van der Waals surface area contributed by atoms with E-state index < -0.39 is 11.2 Å². The van der Waals surface area contributed by atoms with Gasteiger partial charge in [-0.15, -0.1) is 0 Å². The number of methoxy groups -OCH3 is 2. The minimum absolute atomic E-state index is 0.00253. The topological polar surface area (TPSA) is 51.2 Å². The van der Waals surface area contributed by atoms with E-state index in [-0.39, 0.29) is 28.3 Å². The average molecular weight is 442 g/mol. The Morgan fingerprint density at radius 2 is 1.88 bits per heavy atom. The molecular weight excluding hydrogens is 402 g/mol. The summed E-state index contributed by atoms with van der Waals surface area (Å²) in [5.74, 6) is 1.79. The zero-order chi connectivity index (χ0) is 22.9. The van der Waals surface area contributed by atoms with Crippen LogP contribution >= 0.6 is 0 Å². The lowest BCUT2D eigenvalue weighted by Crippen LogP contribution is -2.83. The molecule has 0 aromatic heterocycles. The molecular formula is C27H39NO4. The molecule has 0 amide bonds. The van der Waals surface area contributed by atoms with E-state index in [0.717, 1.165) is 50.1 Å². The molecule has 1 saturated heterocycles. The van der Waals surface area contributed by atoms with Gasteiger partial charge in [0.05, 0.1) is 12.7 Å². The number of nitrogens with zero attached hydrogens (tertiary/aromatic N) is 1. The fourth-order valence-corrected chi connectivity index (χ4v) is 9.01. The van der Waals surface area contributed by atoms with Crippen molar-refractivity contribution in [1.82, 2.24) is 4.90 Å². The van der Waals surface area contributed by atoms with Gasteiger partial charge in [-0.3, -0.25) is 0 Å². The second-order valence-electron chi connectivity index (χ2n) is 12.5. The molecule has 2 spiro atoms. The van der Waals surface area contributed by atoms with E-state index in [4.69, 9.17) is 14.2 Å². The molecule has 5 heteroatoms. The first kappa shape index (κ1) is 21.2. The van der Waals surface area contributed by atoms with Crippen LogP contribution in [0.25, 0.3) is 0 Å². The van der Waals surface area contributed by atoms with Crippen LogP contribution < -0.4 is 9.47 Å². The summed E-state index contributed by atoms with van der Waals surface area (Å²) in [6, 6.07) is 4.82. The third-order valence-electron chi connectivity index (χ3n) is 11.0. The Hall–Kier alpha value is -1.30. The summed E-state index contributed by atoms with van der Waals surface area (Å²) in [6.07, 6.45) is 5.07. The summed E-state index contributed by atoms with van der Waals surface area (Å²) in [5.41, 5.74) is 1.17. The van der Waals surface area contributed by atoms with Crippen molar-refractivity contribution in [3.05, 3.63) is 23.3 Å². The lowest BCUT2D eigenvalue weighted by atomic mass is 9.33. The summed E-state index contributed by atoms with van der Waals surface area (Å²) in [5, 5.41) is 12.1. The van der Waals surface area contributed by atoms with Crippen LogP contribution in [0.3, 0.4) is 0 Å². The van der Waals surface area contributed by atoms with Gasteiger partial charge in [-0.25, -0.2) is 0 Å². The highest BCUT2D eigenvalue weighted by molar-refractivity contribution is 5.63. The minimum Gasteiger partial charge on any atom is -0.493 e. The normalized spacial score (nSPS) is 43.4. The van der Waals surface area contributed by atoms with E-state index in [9.17, 15) is 5.11 Å². The Labute approximate surface area is 192 Å². The van der Waals surface area contributed by atoms with Crippen molar-refractivity contribution in [3.8, 4) is 11.5 Å². The van der Waals surface area contributed by atoms with Crippen LogP contribution in [0.1, 0.15) is 64.5 Å². The van der Waals surface area contributed by atoms with Crippen LogP contribution in [0.4, 0.5) is 0 Å². The molecule has 176 valence electrons. The maximum atomic E-state index is 12.1. The number of aliphatic hydroxyl groups is 1. The molecule has 1 aromatic carbocycles. The maximum absolute atomic E-state index is 12.1. The number of hydrogen-bond acceptors (Lipinski definition) is 5. The second kappa shape index (κ2) is 6.03. The summed E-state index contributed by atoms with van der Waals surface area (Å²) in [6.45, 7) is 9.59. The third kappa shape index (κ3) is 2.01. The fourth-order valence-electron chi connectivity index (χ4n) is 9.01. The van der Waals surface area contributed by atoms with E-state index in [1.807, 2.05) is 14.0 Å². The molecule has 32 heavy (non-hydrogen) atoms. The number of ether oxygens (including phenoxy) is 3. The number of rotatable bonds is 3. The summed E-state index contributed by atoms with van der Waals surface area (Å²) in [7, 11) is 5.89. The quantitative estimate of drug-likeness (QED) is 0.770. The highest BCUT2D eigenvalue weighted by atomic mass is 16.6. The highest BCUT2D eigenvalue weighted by Crippen LogP contribution is 2.77. The number of likely N-dealkylation sites (tertiary alicyclic amines) is 1. The Morgan fingerprint density at radius 1 is 1.12 bits per heavy atom. The number of benzene rings is 1. The Kier molecular flexibility index (Phi) is 4.00. The maximum Gasteiger partial charge on any atom is 0.165 e. The van der Waals surface area contributed by atoms with E-state index >= 15 is 0 Å². The highest BCUT2D eigenvalue weighted by Gasteiger charge is 2.82. The van der Waals surface area contributed by atoms with E-state index in [2.05, 4.69) is 44.9 Å². The molecule has 0 unspecified atom stereocenters. The molecule has 1 N–H and O–H groups in total. The molecule has 2 aliphatic heterocycles. The van der Waals surface area contributed by atoms with Crippen LogP contribution in [0.5, 0.6) is 11.5 Å². The van der Waals surface area contributed by atoms with Crippen LogP contribution in [0.2, 0.25) is 0 Å². The summed E-state index contributed by atoms with van der Waals surface area (Å²) >= 11 is 0. The van der Waals surface area contributed by atoms with Gasteiger partial charge in [-0.1, -0.05) is 26.8 Å². The molecule has 3 saturated carbocycles. The van der Waals surface area contributed by atoms with Crippen molar-refractivity contribution >= 4 is 0 Å². The largest absolute Gasteiger partial charge is 0.493 e. The van der Waals surface area contributed by atoms with Gasteiger partial charge in [-0.05, 0) is 69.7 Å². The second-order valence-corrected chi connectivity index (χ2v) is 12.5. The van der Waals surface area contributed by atoms with Gasteiger partial charge in [0.25, 0.3) is 0 Å². The van der Waals surface area contributed by atoms with Crippen molar-refractivity contribution in [3.63, 3.8) is 0 Å². The fraction of sp³-hybridized carbons (Fsp3) is 0.778. The lowest BCUT2D eigenvalue weighted by Gasteiger charge is -2.75. The zero-order valence-corrected chi connectivity index (χ0v) is 20.7. The Morgan fingerprint density at radius 3 is 2.53 bits per heavy atom. The summed E-state index contributed by atoms with van der Waals surface area (Å²) in [4.78, 5) is 2.60. The molecule has 5 nitrogen and oxygen atoms in total. The number of piperidine rings is 1. The van der Waals surface area contributed by atoms with E-state index in [0.29, 0.717) is 6.04 Å². The van der Waals surface area contributed by atoms with E-state index in [1.165, 1.54) is 11.1 Å². The van der Waals surface area contributed by atoms with Crippen LogP contribution in [0.15, 0.2) is 12.1 Å². The first-order valence-corrected chi connectivity index (χ1v) is 12.3. The van der Waals surface area contributed by atoms with Crippen molar-refractivity contribution in [2.45, 2.75) is 88.6 Å². The van der Waals surface area contributed by atoms with Gasteiger partial charge < -0.3 is 24.2 Å². The monoisotopic (exact) mass is 441 g/mol. The van der Waals surface area contributed by atoms with Crippen molar-refractivity contribution < 1.29 is 19.3 Å². The number of fused-ring (bicyclic) bond motifs is 2. The van der Waals surface area contributed by atoms with Gasteiger partial charge >= 0.3 is 0 Å². The van der Waals surface area contributed by atoms with Gasteiger partial charge in [0, 0.05) is 35.5 Å². The third-order valence-corrected chi connectivity index (χ3v) is 11.0. The van der Waals surface area contributed by atoms with Crippen molar-refractivity contribution in [2.75, 3.05) is 27.8 Å². The molecule has 1 aromatic rings. The molecule has 7 atom stereocenters. The molecule has 0 radical (unpaired) electrons. The Balaban J connectivity index is 1.65. The van der Waals surface area contributed by atoms with Gasteiger partial charge in [-0.2, -0.15) is 0 Å². The van der Waals surface area contributed by atoms with Gasteiger partial charge in [0.2, 0.25) is 0 Å². The molecule has 6 aliphatic rings. The first-order chi connectivity index (χ1) is 15.0. The molecule has 4 bridgehead atoms. The SMILES string of the molecule is COc1ccc2c3c1O[C@H]1[C@@]4(OC)CC[C@@]5(C[C@H]4[C@@](C)(O)C(C)(C)C)[C@@H](C2)N(C)CC[C@]315. The average Bonchev–Trinajstić information content (AvgIpc) is 3.12. The standard InChI is InChI=1S/C27H39NO4/c1-23(2,3)24(4,29)18-15-25-10-11-27(18,31-7)22-26(25)12-13-28(5)19(25)14-16-8-9-17(30-6)21(32-22)20(16)26/h8-9,18-19,22,29H,10-15H2,1-7H3/t18-,19+,22+,24+,25+,26-,27+/m0/s1. The minimum atomic E-state index is -0.882. The van der Waals surface area contributed by atoms with Crippen molar-refractivity contribution in [1.29, 1.82) is 0 Å². The lowest BCUT2D eigenvalue weighted by molar-refractivity contribution is -0.311. The number of likely N-dealkylation sites (N-methyl/N-ethyl adjacent to an activating group) is 1. The molecule has 4 aliphatic carbocycles. The van der Waals surface area contributed by atoms with Gasteiger partial charge in [0.1, 0.15) is 11.7 Å². The van der Waals surface area contributed by atoms with E-state index in [1.54, 1.807) is 7.11 Å². The van der Waals surface area contributed by atoms with Gasteiger partial charge in [0.15, 0.2) is 11.5 Å². The van der Waals surface area contributed by atoms with Crippen molar-refractivity contribution in [2.24, 2.45) is 16.7 Å². The smallest absolute Gasteiger partial charge is 0.165 e. The zero-order valence-electron chi connectivity index (χ0n) is 20.7. The first-order valence-electron chi connectivity index (χ1n) is 12.3. The predicted molar refractivity (Wildman–Crippen MR) is 123 cm³/mol. The van der Waals surface area contributed by atoms with Crippen LogP contribution in [-0.4, -0.2) is 61.2 Å². The molecule has 7 rings (SSSR count). The molecule has 4 fully saturated rings. The predicted octanol–water partition coefficient (Wildman–Crippen LogP) is 3.94. The Bertz CT molecular complexity index is 983. The molecule has 2 heterocycles. The van der Waals surface area contributed by atoms with Crippen LogP contribution in [-0.2, 0) is 16.6 Å². The van der Waals surface area contributed by atoms with Crippen LogP contribution in [0, 0.1) is 16.7 Å². The summed E-state index contributed by atoms with van der Waals surface area (Å²) < 4.78 is 19.4.